The largest absolute Gasteiger partial charge is 0.491 e. The third-order valence-electron chi connectivity index (χ3n) is 6.27. The molecule has 1 fully saturated rings. The lowest BCUT2D eigenvalue weighted by Crippen LogP contribution is -2.39. The number of pyridine rings is 2. The minimum atomic E-state index is -2.88. The van der Waals surface area contributed by atoms with Crippen LogP contribution in [0.2, 0.25) is 0 Å². The number of aromatic nitrogens is 3. The van der Waals surface area contributed by atoms with Gasteiger partial charge in [0.05, 0.1) is 40.4 Å². The van der Waals surface area contributed by atoms with Gasteiger partial charge in [-0.15, -0.1) is 0 Å². The van der Waals surface area contributed by atoms with Crippen molar-refractivity contribution in [2.24, 2.45) is 0 Å². The highest BCUT2D eigenvalue weighted by molar-refractivity contribution is 6.05. The number of nitrogens with one attached hydrogen (secondary N) is 1. The van der Waals surface area contributed by atoms with Gasteiger partial charge in [-0.05, 0) is 38.0 Å². The first kappa shape index (κ1) is 19.4. The van der Waals surface area contributed by atoms with Crippen LogP contribution < -0.4 is 15.0 Å². The molecule has 1 aromatic carbocycles. The minimum Gasteiger partial charge on any atom is -0.491 e. The predicted molar refractivity (Wildman–Crippen MR) is 127 cm³/mol. The van der Waals surface area contributed by atoms with Crippen LogP contribution in [0.25, 0.3) is 27.5 Å². The molecule has 182 valence electrons. The molecule has 4 heterocycles. The minimum absolute atomic E-state index is 0.0552. The molecule has 1 amide bonds. The summed E-state index contributed by atoms with van der Waals surface area (Å²) in [5.41, 5.74) is 0.247. The Morgan fingerprint density at radius 2 is 2.00 bits per heavy atom. The van der Waals surface area contributed by atoms with Crippen LogP contribution >= 0.6 is 0 Å². The van der Waals surface area contributed by atoms with E-state index in [1.807, 2.05) is 0 Å². The molecule has 35 heavy (non-hydrogen) atoms. The van der Waals surface area contributed by atoms with Crippen LogP contribution in [0, 0.1) is 12.7 Å². The molecular weight excluding hydrogens is 458 g/mol. The molecule has 1 N–H and O–H groups in total. The molecule has 0 saturated carbocycles. The summed E-state index contributed by atoms with van der Waals surface area (Å²) < 4.78 is 62.9. The number of hydrogen-bond acceptors (Lipinski definition) is 5. The van der Waals surface area contributed by atoms with Crippen LogP contribution in [0.15, 0.2) is 35.3 Å². The van der Waals surface area contributed by atoms with Gasteiger partial charge in [-0.3, -0.25) is 14.2 Å². The van der Waals surface area contributed by atoms with Crippen molar-refractivity contribution in [2.45, 2.75) is 25.9 Å². The van der Waals surface area contributed by atoms with E-state index < -0.39 is 30.5 Å². The number of nitrogens with zero attached hydrogens (tertiary/aromatic N) is 3. The summed E-state index contributed by atoms with van der Waals surface area (Å²) in [5.74, 6) is -1.82. The van der Waals surface area contributed by atoms with Crippen LogP contribution in [0.1, 0.15) is 33.0 Å². The summed E-state index contributed by atoms with van der Waals surface area (Å²) in [6.07, 6.45) is 0.506. The number of methoxy groups -OCH3 is 2. The number of alkyl halides is 1. The van der Waals surface area contributed by atoms with Crippen molar-refractivity contribution in [2.75, 3.05) is 27.2 Å². The zero-order chi connectivity index (χ0) is 27.4. The average Bonchev–Trinajstić information content (AvgIpc) is 3.25. The van der Waals surface area contributed by atoms with E-state index >= 15 is 4.39 Å². The van der Waals surface area contributed by atoms with Crippen molar-refractivity contribution in [3.63, 3.8) is 0 Å². The van der Waals surface area contributed by atoms with Crippen molar-refractivity contribution in [3.05, 3.63) is 57.9 Å². The number of H-pyrrole nitrogens is 1. The monoisotopic (exact) mass is 485 g/mol. The predicted octanol–water partition coefficient (Wildman–Crippen LogP) is 3.91. The van der Waals surface area contributed by atoms with Crippen molar-refractivity contribution >= 4 is 27.7 Å². The van der Waals surface area contributed by atoms with Gasteiger partial charge < -0.3 is 19.4 Å². The van der Waals surface area contributed by atoms with Crippen LogP contribution in [-0.2, 0) is 0 Å². The fourth-order valence-corrected chi connectivity index (χ4v) is 4.48. The molecule has 8 nitrogen and oxygen atoms in total. The lowest BCUT2D eigenvalue weighted by Gasteiger charge is -2.29. The maximum Gasteiger partial charge on any atom is 0.264 e. The van der Waals surface area contributed by atoms with E-state index in [9.17, 15) is 14.0 Å². The zero-order valence-electron chi connectivity index (χ0n) is 22.0. The number of likely N-dealkylation sites (tertiary alicyclic amines) is 1. The molecule has 1 saturated heterocycles. The number of aromatic amines is 1. The Hall–Kier alpha value is -3.95. The number of piperidine rings is 1. The molecule has 1 aliphatic heterocycles. The maximum atomic E-state index is 15.6. The van der Waals surface area contributed by atoms with Gasteiger partial charge in [-0.2, -0.15) is 0 Å². The van der Waals surface area contributed by atoms with Gasteiger partial charge in [-0.1, -0.05) is 0 Å². The van der Waals surface area contributed by atoms with Crippen LogP contribution in [-0.4, -0.2) is 58.8 Å². The summed E-state index contributed by atoms with van der Waals surface area (Å²) in [4.78, 5) is 36.0. The molecule has 0 bridgehead atoms. The van der Waals surface area contributed by atoms with E-state index in [4.69, 9.17) is 13.6 Å². The van der Waals surface area contributed by atoms with E-state index in [1.54, 1.807) is 19.1 Å². The van der Waals surface area contributed by atoms with Gasteiger partial charge in [0.2, 0.25) is 0 Å². The Morgan fingerprint density at radius 1 is 1.23 bits per heavy atom. The molecule has 0 radical (unpaired) electrons. The highest BCUT2D eigenvalue weighted by Crippen LogP contribution is 2.31. The van der Waals surface area contributed by atoms with Gasteiger partial charge in [0.25, 0.3) is 17.3 Å². The van der Waals surface area contributed by atoms with Crippen molar-refractivity contribution < 1.29 is 27.2 Å². The Labute approximate surface area is 203 Å². The van der Waals surface area contributed by atoms with Gasteiger partial charge in [0.15, 0.2) is 11.6 Å². The second-order valence-corrected chi connectivity index (χ2v) is 8.49. The molecule has 4 aromatic rings. The van der Waals surface area contributed by atoms with Crippen LogP contribution in [0.5, 0.6) is 11.6 Å². The standard InChI is InChI=1S/C25H24F2N4O4/c1-13-10-15-18(28-13)4-5-19(21(15)27)31-12-17(24(32)30-8-6-14(26)7-9-30)22-16(25(31)33)11-20(34-2)23(29-22)35-3/h4-5,10-12,14,28H,6-9H2,1-3H3/i2D3. The number of carbonyl (C=O) groups is 1. The fourth-order valence-electron chi connectivity index (χ4n) is 4.48. The number of hydrogen-bond donors (Lipinski definition) is 1. The Morgan fingerprint density at radius 3 is 2.71 bits per heavy atom. The van der Waals surface area contributed by atoms with E-state index in [1.165, 1.54) is 24.3 Å². The first-order valence-electron chi connectivity index (χ1n) is 12.5. The maximum absolute atomic E-state index is 15.6. The highest BCUT2D eigenvalue weighted by atomic mass is 19.1. The molecular formula is C25H24F2N4O4. The number of fused-ring (bicyclic) bond motifs is 2. The summed E-state index contributed by atoms with van der Waals surface area (Å²) in [5, 5.41) is 0.0743. The third kappa shape index (κ3) is 3.78. The molecule has 5 rings (SSSR count). The molecule has 0 aliphatic carbocycles. The number of ether oxygens (including phenoxy) is 2. The SMILES string of the molecule is [2H]C([2H])([2H])Oc1cc2c(=O)n(-c3ccc4[nH]c(C)cc4c3F)cc(C(=O)N3CCC(F)CC3)c2nc1OC. The summed E-state index contributed by atoms with van der Waals surface area (Å²) in [7, 11) is -1.65. The Balaban J connectivity index is 1.78. The van der Waals surface area contributed by atoms with Crippen LogP contribution in [0.3, 0.4) is 0 Å². The lowest BCUT2D eigenvalue weighted by molar-refractivity contribution is 0.0668. The fraction of sp³-hybridized carbons (Fsp3) is 0.320. The number of halogens is 2. The average molecular weight is 486 g/mol. The number of rotatable bonds is 4. The van der Waals surface area contributed by atoms with E-state index in [0.717, 1.165) is 16.3 Å². The molecule has 0 spiro atoms. The quantitative estimate of drug-likeness (QED) is 0.474. The first-order valence-corrected chi connectivity index (χ1v) is 11.0. The zero-order valence-corrected chi connectivity index (χ0v) is 19.0. The summed E-state index contributed by atoms with van der Waals surface area (Å²) in [6.45, 7) is 2.08. The molecule has 1 aliphatic rings. The van der Waals surface area contributed by atoms with Gasteiger partial charge in [0, 0.05) is 41.9 Å². The van der Waals surface area contributed by atoms with Crippen molar-refractivity contribution in [3.8, 4) is 17.3 Å². The third-order valence-corrected chi connectivity index (χ3v) is 6.27. The second kappa shape index (κ2) is 8.68. The molecule has 0 unspecified atom stereocenters. The van der Waals surface area contributed by atoms with Crippen molar-refractivity contribution in [1.29, 1.82) is 0 Å². The van der Waals surface area contributed by atoms with E-state index in [0.29, 0.717) is 5.52 Å². The molecule has 3 aromatic heterocycles. The van der Waals surface area contributed by atoms with Crippen LogP contribution in [0.4, 0.5) is 8.78 Å². The van der Waals surface area contributed by atoms with Crippen molar-refractivity contribution in [1.82, 2.24) is 19.4 Å². The van der Waals surface area contributed by atoms with E-state index in [-0.39, 0.29) is 65.1 Å². The summed E-state index contributed by atoms with van der Waals surface area (Å²) in [6, 6.07) is 5.73. The Bertz CT molecular complexity index is 1630. The van der Waals surface area contributed by atoms with Gasteiger partial charge in [0.1, 0.15) is 6.17 Å². The second-order valence-electron chi connectivity index (χ2n) is 8.49. The molecule has 10 heteroatoms. The smallest absolute Gasteiger partial charge is 0.264 e. The number of aryl methyl sites for hydroxylation is 1. The van der Waals surface area contributed by atoms with Gasteiger partial charge >= 0.3 is 0 Å². The Kier molecular flexibility index (Phi) is 4.80. The van der Waals surface area contributed by atoms with Gasteiger partial charge in [-0.25, -0.2) is 13.8 Å². The first-order chi connectivity index (χ1) is 18.0. The lowest BCUT2D eigenvalue weighted by atomic mass is 10.1. The topological polar surface area (TPSA) is 89.5 Å². The van der Waals surface area contributed by atoms with E-state index in [2.05, 4.69) is 9.97 Å². The number of amides is 1. The number of carbonyl (C=O) groups excluding carboxylic acids is 1. The molecule has 0 atom stereocenters. The number of benzene rings is 1. The normalized spacial score (nSPS) is 16.2. The highest BCUT2D eigenvalue weighted by Gasteiger charge is 2.28. The summed E-state index contributed by atoms with van der Waals surface area (Å²) >= 11 is 0.